The number of carboxylic acid groups (broad SMARTS) is 2. The van der Waals surface area contributed by atoms with Gasteiger partial charge in [0.25, 0.3) is 0 Å². The Morgan fingerprint density at radius 3 is 1.61 bits per heavy atom. The molecule has 4 heterocycles. The number of nitrogens with one attached hydrogen (secondary N) is 12. The van der Waals surface area contributed by atoms with Crippen LogP contribution in [0.15, 0.2) is 48.5 Å². The van der Waals surface area contributed by atoms with Crippen LogP contribution in [0.2, 0.25) is 0 Å². The second-order valence-corrected chi connectivity index (χ2v) is 31.1. The number of aromatic hydroxyl groups is 2. The van der Waals surface area contributed by atoms with Crippen LogP contribution in [0.3, 0.4) is 0 Å². The largest absolute Gasteiger partial charge is 0.508 e. The fraction of sp³-hybridized carbons (Fsp3) is 0.525. The molecule has 4 saturated heterocycles. The average molecular weight is 1530 g/mol. The lowest BCUT2D eigenvalue weighted by Crippen LogP contribution is -2.61. The van der Waals surface area contributed by atoms with Gasteiger partial charge in [-0.2, -0.15) is 0 Å². The van der Waals surface area contributed by atoms with Crippen LogP contribution in [-0.4, -0.2) is 257 Å². The lowest BCUT2D eigenvalue weighted by Gasteiger charge is -2.30. The average Bonchev–Trinajstić information content (AvgIpc) is 1.75. The zero-order valence-corrected chi connectivity index (χ0v) is 59.0. The standard InChI is InChI=1S/C59H79N15O21S6/c1-26-47(82)69-41-25-101-99-22-38-52(87)65-33(13-14-45(80)81)49(84)66-34(16-28-5-9-30(76)10-6-28)50(85)71-40(54(89)72-39(23-97-96-20-32(60)48(83)70-38)53(88)67-35(18-43(61)78)58(93)74-15-3-4-42(74)56(91)63-26)24-100-98-21-37(64-44(79)19-62-57(92)46(27(2)75)73-55(41)90)51(86)68-36(59(94)95)17-29-7-11-31(77)12-8-29/h5-12,26-27,32-42,46,75-77H,3-4,13-25,60H2,1-2H3,(H2,61,78)(H,62,92)(H,63,91)(H,64,79)(H,65,87)(H,66,84)(H,67,88)(H,68,86)(H,69,82)(H,70,83)(H,71,85)(H,72,89)(H,73,90)(H,80,81)(H,94,95). The second-order valence-electron chi connectivity index (χ2n) is 23.5. The molecule has 36 nitrogen and oxygen atoms in total. The summed E-state index contributed by atoms with van der Waals surface area (Å²) in [6.45, 7) is 1.18. The summed E-state index contributed by atoms with van der Waals surface area (Å²) in [6.07, 6.45) is -4.71. The summed E-state index contributed by atoms with van der Waals surface area (Å²) in [6, 6.07) is -11.7. The summed E-state index contributed by atoms with van der Waals surface area (Å²) in [7, 11) is 4.74. The number of phenols is 2. The Kier molecular flexibility index (Phi) is 32.1. The number of benzene rings is 2. The van der Waals surface area contributed by atoms with Crippen LogP contribution in [0.5, 0.6) is 11.5 Å². The number of hydrogen-bond acceptors (Lipinski definition) is 26. The van der Waals surface area contributed by atoms with E-state index in [9.17, 15) is 92.7 Å². The highest BCUT2D eigenvalue weighted by Crippen LogP contribution is 2.28. The molecular weight excluding hydrogens is 1450 g/mol. The molecule has 42 heteroatoms. The van der Waals surface area contributed by atoms with Crippen molar-refractivity contribution < 1.29 is 102 Å². The Balaban J connectivity index is 1.56. The molecule has 101 heavy (non-hydrogen) atoms. The molecule has 4 aliphatic rings. The third kappa shape index (κ3) is 25.9. The van der Waals surface area contributed by atoms with Gasteiger partial charge in [0.05, 0.1) is 25.1 Å². The minimum atomic E-state index is -1.93. The van der Waals surface area contributed by atoms with Crippen LogP contribution >= 0.6 is 64.8 Å². The maximum absolute atomic E-state index is 15.1. The first-order valence-corrected chi connectivity index (χ1v) is 38.7. The number of nitrogens with zero attached hydrogens (tertiary/aromatic N) is 1. The van der Waals surface area contributed by atoms with Crippen molar-refractivity contribution in [3.8, 4) is 11.5 Å². The van der Waals surface area contributed by atoms with Crippen LogP contribution in [-0.2, 0) is 89.6 Å². The molecule has 4 bridgehead atoms. The van der Waals surface area contributed by atoms with Crippen molar-refractivity contribution in [1.29, 1.82) is 0 Å². The Labute approximate surface area is 600 Å². The molecule has 0 saturated carbocycles. The molecule has 14 unspecified atom stereocenters. The predicted molar refractivity (Wildman–Crippen MR) is 371 cm³/mol. The highest BCUT2D eigenvalue weighted by molar-refractivity contribution is 8.77. The Bertz CT molecular complexity index is 3400. The van der Waals surface area contributed by atoms with Crippen molar-refractivity contribution in [2.45, 2.75) is 143 Å². The first kappa shape index (κ1) is 81.5. The smallest absolute Gasteiger partial charge is 0.326 e. The zero-order chi connectivity index (χ0) is 74.2. The number of aliphatic hydroxyl groups is 1. The van der Waals surface area contributed by atoms with Gasteiger partial charge in [-0.25, -0.2) is 4.79 Å². The van der Waals surface area contributed by atoms with Crippen molar-refractivity contribution in [2.24, 2.45) is 11.5 Å². The SMILES string of the molecule is CC1NC(=O)C2CCCN2C(=O)C(CC(N)=O)NC(=O)C2CSSCC(N)C(=O)NC3CSSCC(NC1=O)C(=O)NC(C(C)O)C(=O)NCC(=O)NC(C(=O)NC(Cc1ccc(O)cc1)C(=O)O)CSSCC(NC(=O)C(Cc1ccc(O)cc1)NC(=O)C(CCC(=O)O)NC3=O)C(=O)N2. The van der Waals surface area contributed by atoms with Gasteiger partial charge < -0.3 is 106 Å². The van der Waals surface area contributed by atoms with Gasteiger partial charge in [0.1, 0.15) is 84.0 Å². The number of primary amides is 1. The van der Waals surface area contributed by atoms with Gasteiger partial charge in [-0.3, -0.25) is 71.9 Å². The molecule has 0 aromatic heterocycles. The number of aliphatic carboxylic acids is 2. The topological polar surface area (TPSA) is 574 Å². The quantitative estimate of drug-likeness (QED) is 0.0656. The summed E-state index contributed by atoms with van der Waals surface area (Å²) < 4.78 is 0. The summed E-state index contributed by atoms with van der Waals surface area (Å²) in [5, 5.41) is 80.4. The van der Waals surface area contributed by atoms with Crippen molar-refractivity contribution >= 4 is 159 Å². The van der Waals surface area contributed by atoms with Gasteiger partial charge in [0.2, 0.25) is 82.7 Å². The molecular formula is C59H79N15O21S6. The minimum absolute atomic E-state index is 0.00937. The van der Waals surface area contributed by atoms with Gasteiger partial charge in [-0.05, 0) is 68.5 Å². The maximum Gasteiger partial charge on any atom is 0.326 e. The van der Waals surface area contributed by atoms with Crippen molar-refractivity contribution in [3.63, 3.8) is 0 Å². The molecule has 4 aliphatic heterocycles. The molecule has 2 aromatic rings. The number of carbonyl (C=O) groups is 16. The normalized spacial score (nSPS) is 27.3. The summed E-state index contributed by atoms with van der Waals surface area (Å²) in [5.74, 6) is -21.7. The number of carboxylic acids is 2. The van der Waals surface area contributed by atoms with E-state index < -0.39 is 240 Å². The Hall–Kier alpha value is -8.42. The van der Waals surface area contributed by atoms with Gasteiger partial charge in [0.15, 0.2) is 0 Å². The fourth-order valence-corrected chi connectivity index (χ4v) is 17.0. The molecule has 2 aromatic carbocycles. The van der Waals surface area contributed by atoms with Crippen molar-refractivity contribution in [3.05, 3.63) is 59.7 Å². The van der Waals surface area contributed by atoms with Crippen LogP contribution < -0.4 is 75.3 Å². The Morgan fingerprint density at radius 2 is 1.06 bits per heavy atom. The zero-order valence-electron chi connectivity index (χ0n) is 54.1. The summed E-state index contributed by atoms with van der Waals surface area (Å²) >= 11 is 0. The molecule has 21 N–H and O–H groups in total. The monoisotopic (exact) mass is 1530 g/mol. The maximum atomic E-state index is 15.1. The predicted octanol–water partition coefficient (Wildman–Crippen LogP) is -5.94. The lowest BCUT2D eigenvalue weighted by atomic mass is 10.0. The van der Waals surface area contributed by atoms with E-state index >= 15 is 9.59 Å². The molecule has 552 valence electrons. The molecule has 6 rings (SSSR count). The first-order valence-electron chi connectivity index (χ1n) is 31.2. The van der Waals surface area contributed by atoms with E-state index in [1.807, 2.05) is 0 Å². The van der Waals surface area contributed by atoms with Crippen LogP contribution in [0.1, 0.15) is 57.1 Å². The van der Waals surface area contributed by atoms with Gasteiger partial charge in [-0.15, -0.1) is 0 Å². The number of hydrogen-bond donors (Lipinski definition) is 19. The van der Waals surface area contributed by atoms with Gasteiger partial charge in [-0.1, -0.05) is 89.0 Å². The number of carbonyl (C=O) groups excluding carboxylic acids is 14. The van der Waals surface area contributed by atoms with Crippen molar-refractivity contribution in [2.75, 3.05) is 47.6 Å². The van der Waals surface area contributed by atoms with Gasteiger partial charge >= 0.3 is 11.9 Å². The van der Waals surface area contributed by atoms with E-state index in [0.29, 0.717) is 5.56 Å². The van der Waals surface area contributed by atoms with E-state index in [-0.39, 0.29) is 48.6 Å². The first-order chi connectivity index (χ1) is 47.9. The van der Waals surface area contributed by atoms with E-state index in [4.69, 9.17) is 11.5 Å². The second kappa shape index (κ2) is 39.7. The van der Waals surface area contributed by atoms with E-state index in [2.05, 4.69) is 63.8 Å². The molecule has 4 fully saturated rings. The lowest BCUT2D eigenvalue weighted by molar-refractivity contribution is -0.143. The highest BCUT2D eigenvalue weighted by atomic mass is 33.1. The number of fused-ring (bicyclic) bond motifs is 20. The molecule has 14 atom stereocenters. The fourth-order valence-electron chi connectivity index (χ4n) is 10.0. The van der Waals surface area contributed by atoms with Crippen LogP contribution in [0.25, 0.3) is 0 Å². The van der Waals surface area contributed by atoms with Crippen molar-refractivity contribution in [1.82, 2.24) is 68.7 Å². The molecule has 0 radical (unpaired) electrons. The molecule has 0 aliphatic carbocycles. The number of nitrogens with two attached hydrogens (primary N) is 2. The Morgan fingerprint density at radius 1 is 0.574 bits per heavy atom. The number of amides is 14. The number of aliphatic hydroxyl groups excluding tert-OH is 1. The molecule has 0 spiro atoms. The summed E-state index contributed by atoms with van der Waals surface area (Å²) in [4.78, 5) is 227. The van der Waals surface area contributed by atoms with Crippen LogP contribution in [0, 0.1) is 0 Å². The summed E-state index contributed by atoms with van der Waals surface area (Å²) in [5.41, 5.74) is 12.6. The third-order valence-corrected chi connectivity index (χ3v) is 22.9. The highest BCUT2D eigenvalue weighted by Gasteiger charge is 2.42. The van der Waals surface area contributed by atoms with E-state index in [0.717, 1.165) is 76.6 Å². The molecule has 14 amide bonds. The van der Waals surface area contributed by atoms with Crippen LogP contribution in [0.4, 0.5) is 0 Å². The van der Waals surface area contributed by atoms with Gasteiger partial charge in [0, 0.05) is 60.3 Å². The number of rotatable bonds is 13. The third-order valence-electron chi connectivity index (χ3n) is 15.6. The van der Waals surface area contributed by atoms with E-state index in [1.165, 1.54) is 55.5 Å². The minimum Gasteiger partial charge on any atom is -0.508 e. The number of phenolic OH excluding ortho intramolecular Hbond substituents is 2. The van der Waals surface area contributed by atoms with E-state index in [1.54, 1.807) is 0 Å².